The van der Waals surface area contributed by atoms with E-state index in [4.69, 9.17) is 27.2 Å². The molecule has 0 aromatic heterocycles. The SMILES string of the molecule is Nc1ccc(C(=O)O)c2c1C(Cl)CO2. The Hall–Kier alpha value is -1.42. The van der Waals surface area contributed by atoms with Gasteiger partial charge in [0.2, 0.25) is 0 Å². The van der Waals surface area contributed by atoms with Crippen LogP contribution in [0.25, 0.3) is 0 Å². The summed E-state index contributed by atoms with van der Waals surface area (Å²) in [5.74, 6) is -0.732. The fourth-order valence-corrected chi connectivity index (χ4v) is 1.79. The molecule has 2 rings (SSSR count). The Kier molecular flexibility index (Phi) is 2.00. The van der Waals surface area contributed by atoms with Crippen LogP contribution in [-0.2, 0) is 0 Å². The standard InChI is InChI=1S/C9H8ClNO3/c10-5-3-14-8-4(9(12)13)1-2-6(11)7(5)8/h1-2,5H,3,11H2,(H,12,13). The molecule has 0 bridgehead atoms. The van der Waals surface area contributed by atoms with Gasteiger partial charge in [0.25, 0.3) is 0 Å². The van der Waals surface area contributed by atoms with E-state index in [1.54, 1.807) is 0 Å². The van der Waals surface area contributed by atoms with E-state index in [1.807, 2.05) is 0 Å². The van der Waals surface area contributed by atoms with Crippen LogP contribution in [0.5, 0.6) is 5.75 Å². The first-order valence-electron chi connectivity index (χ1n) is 4.04. The van der Waals surface area contributed by atoms with Crippen molar-refractivity contribution in [1.29, 1.82) is 0 Å². The quantitative estimate of drug-likeness (QED) is 0.550. The largest absolute Gasteiger partial charge is 0.490 e. The number of aromatic carboxylic acids is 1. The van der Waals surface area contributed by atoms with Crippen molar-refractivity contribution in [3.8, 4) is 5.75 Å². The Morgan fingerprint density at radius 1 is 1.64 bits per heavy atom. The predicted octanol–water partition coefficient (Wildman–Crippen LogP) is 1.64. The van der Waals surface area contributed by atoms with Crippen molar-refractivity contribution >= 4 is 23.3 Å². The first kappa shape index (κ1) is 9.15. The number of ether oxygens (including phenoxy) is 1. The van der Waals surface area contributed by atoms with Crippen molar-refractivity contribution in [3.63, 3.8) is 0 Å². The van der Waals surface area contributed by atoms with Crippen molar-refractivity contribution in [2.75, 3.05) is 12.3 Å². The molecule has 1 heterocycles. The summed E-state index contributed by atoms with van der Waals surface area (Å²) in [4.78, 5) is 10.8. The van der Waals surface area contributed by atoms with Crippen molar-refractivity contribution in [2.45, 2.75) is 5.38 Å². The highest BCUT2D eigenvalue weighted by atomic mass is 35.5. The fraction of sp³-hybridized carbons (Fsp3) is 0.222. The number of carbonyl (C=O) groups is 1. The van der Waals surface area contributed by atoms with Gasteiger partial charge in [0.15, 0.2) is 0 Å². The van der Waals surface area contributed by atoms with Gasteiger partial charge in [-0.25, -0.2) is 4.79 Å². The van der Waals surface area contributed by atoms with Gasteiger partial charge in [-0.3, -0.25) is 0 Å². The molecule has 14 heavy (non-hydrogen) atoms. The van der Waals surface area contributed by atoms with Crippen LogP contribution in [0.15, 0.2) is 12.1 Å². The van der Waals surface area contributed by atoms with E-state index in [0.29, 0.717) is 17.0 Å². The molecule has 0 radical (unpaired) electrons. The number of rotatable bonds is 1. The van der Waals surface area contributed by atoms with Gasteiger partial charge < -0.3 is 15.6 Å². The number of hydrogen-bond donors (Lipinski definition) is 2. The molecule has 1 aromatic rings. The zero-order valence-corrected chi connectivity index (χ0v) is 7.91. The van der Waals surface area contributed by atoms with Crippen LogP contribution in [0.1, 0.15) is 21.3 Å². The molecule has 0 amide bonds. The third-order valence-electron chi connectivity index (χ3n) is 2.15. The zero-order chi connectivity index (χ0) is 10.3. The zero-order valence-electron chi connectivity index (χ0n) is 7.16. The number of halogens is 1. The Labute approximate surface area is 85.2 Å². The summed E-state index contributed by atoms with van der Waals surface area (Å²) in [6, 6.07) is 2.96. The molecule has 0 fully saturated rings. The lowest BCUT2D eigenvalue weighted by Gasteiger charge is -2.06. The molecule has 1 atom stereocenters. The third kappa shape index (κ3) is 1.19. The minimum Gasteiger partial charge on any atom is -0.490 e. The lowest BCUT2D eigenvalue weighted by Crippen LogP contribution is -2.01. The molecule has 1 aliphatic rings. The molecule has 0 saturated heterocycles. The second-order valence-corrected chi connectivity index (χ2v) is 3.56. The average molecular weight is 214 g/mol. The van der Waals surface area contributed by atoms with Crippen LogP contribution in [0.3, 0.4) is 0 Å². The summed E-state index contributed by atoms with van der Waals surface area (Å²) in [5, 5.41) is 8.51. The molecule has 4 nitrogen and oxygen atoms in total. The molecule has 3 N–H and O–H groups in total. The third-order valence-corrected chi connectivity index (χ3v) is 2.49. The van der Waals surface area contributed by atoms with E-state index in [1.165, 1.54) is 12.1 Å². The van der Waals surface area contributed by atoms with Crippen LogP contribution >= 0.6 is 11.6 Å². The van der Waals surface area contributed by atoms with Crippen LogP contribution in [0.4, 0.5) is 5.69 Å². The van der Waals surface area contributed by atoms with E-state index in [-0.39, 0.29) is 17.5 Å². The van der Waals surface area contributed by atoms with Crippen molar-refractivity contribution in [2.24, 2.45) is 0 Å². The molecule has 1 aromatic carbocycles. The van der Waals surface area contributed by atoms with E-state index < -0.39 is 5.97 Å². The Morgan fingerprint density at radius 3 is 3.00 bits per heavy atom. The topological polar surface area (TPSA) is 72.6 Å². The maximum atomic E-state index is 10.8. The number of anilines is 1. The van der Waals surface area contributed by atoms with Crippen molar-refractivity contribution in [1.82, 2.24) is 0 Å². The minimum atomic E-state index is -1.04. The second-order valence-electron chi connectivity index (χ2n) is 3.03. The molecule has 0 aliphatic carbocycles. The average Bonchev–Trinajstić information content (AvgIpc) is 2.49. The molecule has 5 heteroatoms. The van der Waals surface area contributed by atoms with Crippen LogP contribution in [-0.4, -0.2) is 17.7 Å². The highest BCUT2D eigenvalue weighted by molar-refractivity contribution is 6.22. The highest BCUT2D eigenvalue weighted by Gasteiger charge is 2.29. The molecule has 1 unspecified atom stereocenters. The Morgan fingerprint density at radius 2 is 2.36 bits per heavy atom. The monoisotopic (exact) mass is 213 g/mol. The summed E-state index contributed by atoms with van der Waals surface area (Å²) < 4.78 is 5.19. The fourth-order valence-electron chi connectivity index (χ4n) is 1.50. The molecule has 1 aliphatic heterocycles. The molecule has 74 valence electrons. The van der Waals surface area contributed by atoms with Gasteiger partial charge in [-0.05, 0) is 12.1 Å². The number of fused-ring (bicyclic) bond motifs is 1. The van der Waals surface area contributed by atoms with E-state index >= 15 is 0 Å². The van der Waals surface area contributed by atoms with Crippen molar-refractivity contribution in [3.05, 3.63) is 23.3 Å². The second kappa shape index (κ2) is 3.06. The molecule has 0 saturated carbocycles. The maximum absolute atomic E-state index is 10.8. The van der Waals surface area contributed by atoms with Crippen LogP contribution in [0.2, 0.25) is 0 Å². The number of hydrogen-bond acceptors (Lipinski definition) is 3. The predicted molar refractivity (Wildman–Crippen MR) is 51.9 cm³/mol. The van der Waals surface area contributed by atoms with Gasteiger partial charge in [0.1, 0.15) is 17.9 Å². The van der Waals surface area contributed by atoms with Gasteiger partial charge >= 0.3 is 5.97 Å². The minimum absolute atomic E-state index is 0.109. The molecule has 0 spiro atoms. The summed E-state index contributed by atoms with van der Waals surface area (Å²) in [5.41, 5.74) is 6.85. The number of benzene rings is 1. The molecular weight excluding hydrogens is 206 g/mol. The lowest BCUT2D eigenvalue weighted by molar-refractivity contribution is 0.0693. The summed E-state index contributed by atoms with van der Waals surface area (Å²) in [6.45, 7) is 0.269. The maximum Gasteiger partial charge on any atom is 0.339 e. The summed E-state index contributed by atoms with van der Waals surface area (Å²) in [6.07, 6.45) is 0. The number of nitrogen functional groups attached to an aromatic ring is 1. The van der Waals surface area contributed by atoms with Crippen LogP contribution < -0.4 is 10.5 Å². The van der Waals surface area contributed by atoms with Gasteiger partial charge in [0, 0.05) is 11.3 Å². The first-order chi connectivity index (χ1) is 6.61. The Bertz CT molecular complexity index is 405. The number of nitrogens with two attached hydrogens (primary N) is 1. The molecular formula is C9H8ClNO3. The van der Waals surface area contributed by atoms with E-state index in [2.05, 4.69) is 0 Å². The van der Waals surface area contributed by atoms with Crippen LogP contribution in [0, 0.1) is 0 Å². The summed E-state index contributed by atoms with van der Waals surface area (Å²) >= 11 is 5.93. The normalized spacial score (nSPS) is 18.8. The van der Waals surface area contributed by atoms with Gasteiger partial charge in [-0.1, -0.05) is 0 Å². The van der Waals surface area contributed by atoms with E-state index in [9.17, 15) is 4.79 Å². The lowest BCUT2D eigenvalue weighted by atomic mass is 10.1. The van der Waals surface area contributed by atoms with Gasteiger partial charge in [0.05, 0.1) is 5.38 Å². The highest BCUT2D eigenvalue weighted by Crippen LogP contribution is 2.42. The van der Waals surface area contributed by atoms with E-state index in [0.717, 1.165) is 0 Å². The number of alkyl halides is 1. The first-order valence-corrected chi connectivity index (χ1v) is 4.47. The summed E-state index contributed by atoms with van der Waals surface area (Å²) in [7, 11) is 0. The smallest absolute Gasteiger partial charge is 0.339 e. The number of carboxylic acids is 1. The Balaban J connectivity index is 2.64. The number of carboxylic acid groups (broad SMARTS) is 1. The van der Waals surface area contributed by atoms with Gasteiger partial charge in [-0.15, -0.1) is 11.6 Å². The van der Waals surface area contributed by atoms with Crippen molar-refractivity contribution < 1.29 is 14.6 Å². The van der Waals surface area contributed by atoms with Gasteiger partial charge in [-0.2, -0.15) is 0 Å².